The van der Waals surface area contributed by atoms with E-state index < -0.39 is 5.97 Å². The third-order valence-corrected chi connectivity index (χ3v) is 4.69. The fourth-order valence-corrected chi connectivity index (χ4v) is 3.70. The molecule has 1 amide bonds. The lowest BCUT2D eigenvalue weighted by molar-refractivity contribution is 0.0690. The molecular weight excluding hydrogens is 296 g/mol. The highest BCUT2D eigenvalue weighted by molar-refractivity contribution is 7.27. The predicted octanol–water partition coefficient (Wildman–Crippen LogP) is 3.31. The van der Waals surface area contributed by atoms with Crippen molar-refractivity contribution in [2.45, 2.75) is 0 Å². The number of nitrogens with zero attached hydrogens (tertiary/aromatic N) is 1. The first-order valence-electron chi connectivity index (χ1n) is 5.61. The number of carbonyl (C=O) groups excluding carboxylic acids is 1. The second-order valence-corrected chi connectivity index (χ2v) is 5.98. The highest BCUT2D eigenvalue weighted by atomic mass is 32.1. The highest BCUT2D eigenvalue weighted by Gasteiger charge is 2.12. The number of aromatic nitrogens is 1. The molecule has 0 aromatic carbocycles. The maximum absolute atomic E-state index is 12.1. The Morgan fingerprint density at radius 1 is 1.20 bits per heavy atom. The number of carboxylic acids is 1. The molecule has 100 valence electrons. The second-order valence-electron chi connectivity index (χ2n) is 3.95. The molecule has 0 unspecified atom stereocenters. The minimum absolute atomic E-state index is 0.102. The van der Waals surface area contributed by atoms with Crippen LogP contribution in [0.4, 0.5) is 5.69 Å². The Kier molecular flexibility index (Phi) is 3.21. The summed E-state index contributed by atoms with van der Waals surface area (Å²) in [5.74, 6) is -1.38. The third kappa shape index (κ3) is 2.40. The number of pyridine rings is 1. The smallest absolute Gasteiger partial charge is 0.354 e. The van der Waals surface area contributed by atoms with Gasteiger partial charge >= 0.3 is 5.97 Å². The van der Waals surface area contributed by atoms with Gasteiger partial charge in [0.2, 0.25) is 0 Å². The number of aromatic carboxylic acids is 1. The Hall–Kier alpha value is -2.25. The van der Waals surface area contributed by atoms with Crippen molar-refractivity contribution in [1.82, 2.24) is 4.98 Å². The fraction of sp³-hybridized carbons (Fsp3) is 0. The number of fused-ring (bicyclic) bond motifs is 1. The molecule has 3 aromatic heterocycles. The number of anilines is 1. The Morgan fingerprint density at radius 2 is 2.05 bits per heavy atom. The minimum atomic E-state index is -1.13. The molecule has 0 atom stereocenters. The Bertz CT molecular complexity index is 778. The number of carboxylic acid groups (broad SMARTS) is 1. The lowest BCUT2D eigenvalue weighted by Gasteiger charge is -2.03. The standard InChI is InChI=1S/C13H8N2O3S2/c16-12(11-6-10-9(20-11)2-4-19-10)15-7-1-3-14-8(5-7)13(17)18/h1-6H,(H,17,18)(H,14,15,16). The summed E-state index contributed by atoms with van der Waals surface area (Å²) in [6, 6.07) is 6.69. The predicted molar refractivity (Wildman–Crippen MR) is 78.9 cm³/mol. The van der Waals surface area contributed by atoms with E-state index in [1.54, 1.807) is 17.4 Å². The van der Waals surface area contributed by atoms with Crippen LogP contribution >= 0.6 is 22.7 Å². The molecule has 2 N–H and O–H groups in total. The topological polar surface area (TPSA) is 79.3 Å². The average molecular weight is 304 g/mol. The summed E-state index contributed by atoms with van der Waals surface area (Å²) in [5.41, 5.74) is 0.314. The number of amides is 1. The van der Waals surface area contributed by atoms with Crippen molar-refractivity contribution in [1.29, 1.82) is 0 Å². The van der Waals surface area contributed by atoms with E-state index >= 15 is 0 Å². The van der Waals surface area contributed by atoms with Crippen LogP contribution in [-0.2, 0) is 0 Å². The Balaban J connectivity index is 1.83. The molecule has 0 aliphatic rings. The zero-order valence-electron chi connectivity index (χ0n) is 9.99. The van der Waals surface area contributed by atoms with Gasteiger partial charge in [0.05, 0.1) is 4.88 Å². The van der Waals surface area contributed by atoms with Gasteiger partial charge in [-0.25, -0.2) is 9.78 Å². The van der Waals surface area contributed by atoms with E-state index in [4.69, 9.17) is 5.11 Å². The summed E-state index contributed by atoms with van der Waals surface area (Å²) in [6.45, 7) is 0. The molecule has 0 bridgehead atoms. The molecule has 0 radical (unpaired) electrons. The van der Waals surface area contributed by atoms with Crippen molar-refractivity contribution < 1.29 is 14.7 Å². The number of carbonyl (C=O) groups is 2. The number of rotatable bonds is 3. The highest BCUT2D eigenvalue weighted by Crippen LogP contribution is 2.30. The summed E-state index contributed by atoms with van der Waals surface area (Å²) < 4.78 is 2.14. The molecule has 0 saturated carbocycles. The molecule has 20 heavy (non-hydrogen) atoms. The van der Waals surface area contributed by atoms with Crippen LogP contribution in [0.3, 0.4) is 0 Å². The summed E-state index contributed by atoms with van der Waals surface area (Å²) in [5, 5.41) is 13.5. The molecule has 0 fully saturated rings. The van der Waals surface area contributed by atoms with Crippen molar-refractivity contribution in [3.8, 4) is 0 Å². The summed E-state index contributed by atoms with van der Waals surface area (Å²) in [7, 11) is 0. The zero-order chi connectivity index (χ0) is 14.1. The SMILES string of the molecule is O=C(O)c1cc(NC(=O)c2cc3sccc3s2)ccn1. The maximum Gasteiger partial charge on any atom is 0.354 e. The van der Waals surface area contributed by atoms with Crippen LogP contribution in [0.5, 0.6) is 0 Å². The molecule has 5 nitrogen and oxygen atoms in total. The largest absolute Gasteiger partial charge is 0.477 e. The quantitative estimate of drug-likeness (QED) is 0.778. The van der Waals surface area contributed by atoms with Gasteiger partial charge < -0.3 is 10.4 Å². The first kappa shape index (κ1) is 12.8. The molecule has 3 aromatic rings. The van der Waals surface area contributed by atoms with Gasteiger partial charge in [-0.15, -0.1) is 22.7 Å². The molecule has 3 rings (SSSR count). The first-order chi connectivity index (χ1) is 9.63. The van der Waals surface area contributed by atoms with Crippen LogP contribution < -0.4 is 5.32 Å². The molecular formula is C13H8N2O3S2. The number of thiophene rings is 2. The van der Waals surface area contributed by atoms with Crippen LogP contribution in [0.1, 0.15) is 20.2 Å². The third-order valence-electron chi connectivity index (χ3n) is 2.60. The van der Waals surface area contributed by atoms with Crippen molar-refractivity contribution in [2.75, 3.05) is 5.32 Å². The zero-order valence-corrected chi connectivity index (χ0v) is 11.6. The van der Waals surface area contributed by atoms with Gasteiger partial charge in [0, 0.05) is 21.3 Å². The molecule has 0 aliphatic heterocycles. The first-order valence-corrected chi connectivity index (χ1v) is 7.31. The van der Waals surface area contributed by atoms with E-state index in [2.05, 4.69) is 10.3 Å². The van der Waals surface area contributed by atoms with E-state index in [1.165, 1.54) is 23.6 Å². The normalized spacial score (nSPS) is 10.6. The van der Waals surface area contributed by atoms with Crippen LogP contribution in [-0.4, -0.2) is 22.0 Å². The van der Waals surface area contributed by atoms with E-state index in [0.717, 1.165) is 9.40 Å². The Morgan fingerprint density at radius 3 is 2.80 bits per heavy atom. The maximum atomic E-state index is 12.1. The second kappa shape index (κ2) is 5.03. The lowest BCUT2D eigenvalue weighted by Crippen LogP contribution is -2.11. The monoisotopic (exact) mass is 304 g/mol. The summed E-state index contributed by atoms with van der Waals surface area (Å²) in [6.07, 6.45) is 1.35. The molecule has 0 aliphatic carbocycles. The van der Waals surface area contributed by atoms with Crippen LogP contribution in [0.15, 0.2) is 35.8 Å². The summed E-state index contributed by atoms with van der Waals surface area (Å²) in [4.78, 5) is 27.2. The van der Waals surface area contributed by atoms with Crippen molar-refractivity contribution in [3.63, 3.8) is 0 Å². The van der Waals surface area contributed by atoms with Gasteiger partial charge in [0.1, 0.15) is 5.69 Å². The van der Waals surface area contributed by atoms with E-state index in [9.17, 15) is 9.59 Å². The fourth-order valence-electron chi connectivity index (χ4n) is 1.70. The van der Waals surface area contributed by atoms with Crippen molar-refractivity contribution in [2.24, 2.45) is 0 Å². The number of hydrogen-bond acceptors (Lipinski definition) is 5. The minimum Gasteiger partial charge on any atom is -0.477 e. The van der Waals surface area contributed by atoms with Crippen LogP contribution in [0.2, 0.25) is 0 Å². The van der Waals surface area contributed by atoms with Gasteiger partial charge in [-0.1, -0.05) is 0 Å². The Labute approximate surface area is 121 Å². The van der Waals surface area contributed by atoms with Gasteiger partial charge in [-0.05, 0) is 29.6 Å². The van der Waals surface area contributed by atoms with E-state index in [0.29, 0.717) is 10.6 Å². The summed E-state index contributed by atoms with van der Waals surface area (Å²) >= 11 is 2.99. The van der Waals surface area contributed by atoms with Gasteiger partial charge in [0.25, 0.3) is 5.91 Å². The molecule has 0 spiro atoms. The van der Waals surface area contributed by atoms with Crippen molar-refractivity contribution in [3.05, 3.63) is 46.4 Å². The molecule has 7 heteroatoms. The average Bonchev–Trinajstić information content (AvgIpc) is 2.99. The van der Waals surface area contributed by atoms with Crippen LogP contribution in [0, 0.1) is 0 Å². The number of nitrogens with one attached hydrogen (secondary N) is 1. The van der Waals surface area contributed by atoms with Crippen molar-refractivity contribution >= 4 is 49.6 Å². The number of hydrogen-bond donors (Lipinski definition) is 2. The van der Waals surface area contributed by atoms with Crippen LogP contribution in [0.25, 0.3) is 9.40 Å². The van der Waals surface area contributed by atoms with E-state index in [-0.39, 0.29) is 11.6 Å². The molecule has 3 heterocycles. The lowest BCUT2D eigenvalue weighted by atomic mass is 10.3. The van der Waals surface area contributed by atoms with E-state index in [1.807, 2.05) is 17.5 Å². The van der Waals surface area contributed by atoms with Gasteiger partial charge in [-0.3, -0.25) is 4.79 Å². The molecule has 0 saturated heterocycles. The van der Waals surface area contributed by atoms with Gasteiger partial charge in [-0.2, -0.15) is 0 Å². The van der Waals surface area contributed by atoms with Gasteiger partial charge in [0.15, 0.2) is 0 Å².